The van der Waals surface area contributed by atoms with E-state index in [-0.39, 0.29) is 0 Å². The highest BCUT2D eigenvalue weighted by Crippen LogP contribution is 2.10. The molecule has 2 N–H and O–H groups in total. The lowest BCUT2D eigenvalue weighted by atomic mass is 10.2. The van der Waals surface area contributed by atoms with Crippen molar-refractivity contribution in [3.63, 3.8) is 0 Å². The summed E-state index contributed by atoms with van der Waals surface area (Å²) in [5, 5.41) is 11.2. The first-order valence-electron chi connectivity index (χ1n) is 6.62. The number of nitrogens with one attached hydrogen (secondary N) is 2. The third-order valence-corrected chi connectivity index (χ3v) is 3.49. The standard InChI is InChI=1S/C13H19N5/c1-10-4-2-6-12-16-13(17-18(10)12)15-9-7-11-5-3-8-14-11/h2,4,6,11,14H,3,5,7-9H2,1H3,(H,15,17)/t11-/m0/s1. The molecule has 3 heterocycles. The van der Waals surface area contributed by atoms with Crippen molar-refractivity contribution in [1.82, 2.24) is 19.9 Å². The monoisotopic (exact) mass is 245 g/mol. The summed E-state index contributed by atoms with van der Waals surface area (Å²) in [6, 6.07) is 6.68. The molecule has 5 heteroatoms. The Hall–Kier alpha value is -1.62. The molecule has 1 aliphatic rings. The normalized spacial score (nSPS) is 19.5. The van der Waals surface area contributed by atoms with E-state index in [0.717, 1.165) is 36.8 Å². The molecule has 1 atom stereocenters. The first kappa shape index (κ1) is 11.5. The molecule has 2 aromatic rings. The van der Waals surface area contributed by atoms with E-state index in [0.29, 0.717) is 6.04 Å². The molecule has 1 saturated heterocycles. The number of fused-ring (bicyclic) bond motifs is 1. The summed E-state index contributed by atoms with van der Waals surface area (Å²) < 4.78 is 1.87. The van der Waals surface area contributed by atoms with Crippen LogP contribution in [0.1, 0.15) is 25.0 Å². The average Bonchev–Trinajstić information content (AvgIpc) is 2.98. The van der Waals surface area contributed by atoms with Crippen LogP contribution in [0, 0.1) is 6.92 Å². The van der Waals surface area contributed by atoms with Crippen LogP contribution in [0.3, 0.4) is 0 Å². The number of aromatic nitrogens is 3. The average molecular weight is 245 g/mol. The van der Waals surface area contributed by atoms with E-state index in [4.69, 9.17) is 0 Å². The molecular formula is C13H19N5. The first-order valence-corrected chi connectivity index (χ1v) is 6.62. The molecule has 2 aromatic heterocycles. The molecule has 0 aliphatic carbocycles. The maximum absolute atomic E-state index is 4.46. The minimum atomic E-state index is 0.663. The van der Waals surface area contributed by atoms with Crippen LogP contribution in [0.4, 0.5) is 5.95 Å². The van der Waals surface area contributed by atoms with Crippen molar-refractivity contribution in [2.75, 3.05) is 18.4 Å². The Bertz CT molecular complexity index is 527. The topological polar surface area (TPSA) is 54.2 Å². The summed E-state index contributed by atoms with van der Waals surface area (Å²) in [7, 11) is 0. The molecule has 0 spiro atoms. The molecule has 0 unspecified atom stereocenters. The molecule has 0 aromatic carbocycles. The second kappa shape index (κ2) is 4.94. The molecule has 18 heavy (non-hydrogen) atoms. The Kier molecular flexibility index (Phi) is 3.15. The van der Waals surface area contributed by atoms with Gasteiger partial charge in [-0.05, 0) is 44.9 Å². The zero-order chi connectivity index (χ0) is 12.4. The molecule has 0 saturated carbocycles. The Morgan fingerprint density at radius 3 is 3.22 bits per heavy atom. The summed E-state index contributed by atoms with van der Waals surface area (Å²) in [6.45, 7) is 4.12. The lowest BCUT2D eigenvalue weighted by Crippen LogP contribution is -2.24. The Morgan fingerprint density at radius 1 is 1.50 bits per heavy atom. The predicted octanol–water partition coefficient (Wildman–Crippen LogP) is 1.59. The first-order chi connectivity index (χ1) is 8.83. The number of hydrogen-bond acceptors (Lipinski definition) is 4. The Balaban J connectivity index is 1.62. The fourth-order valence-corrected chi connectivity index (χ4v) is 2.47. The largest absolute Gasteiger partial charge is 0.353 e. The zero-order valence-corrected chi connectivity index (χ0v) is 10.7. The van der Waals surface area contributed by atoms with Crippen LogP contribution in [0.25, 0.3) is 5.65 Å². The van der Waals surface area contributed by atoms with Crippen LogP contribution in [-0.2, 0) is 0 Å². The van der Waals surface area contributed by atoms with Gasteiger partial charge in [0.05, 0.1) is 0 Å². The lowest BCUT2D eigenvalue weighted by Gasteiger charge is -2.09. The van der Waals surface area contributed by atoms with Crippen LogP contribution in [0.5, 0.6) is 0 Å². The molecule has 0 amide bonds. The molecule has 1 aliphatic heterocycles. The number of nitrogens with zero attached hydrogens (tertiary/aromatic N) is 3. The quantitative estimate of drug-likeness (QED) is 0.859. The third kappa shape index (κ3) is 2.31. The molecule has 0 radical (unpaired) electrons. The maximum atomic E-state index is 4.46. The minimum absolute atomic E-state index is 0.663. The number of anilines is 1. The van der Waals surface area contributed by atoms with E-state index in [9.17, 15) is 0 Å². The van der Waals surface area contributed by atoms with Crippen molar-refractivity contribution in [1.29, 1.82) is 0 Å². The van der Waals surface area contributed by atoms with Crippen molar-refractivity contribution in [2.45, 2.75) is 32.2 Å². The van der Waals surface area contributed by atoms with Crippen LogP contribution >= 0.6 is 0 Å². The van der Waals surface area contributed by atoms with Crippen molar-refractivity contribution < 1.29 is 0 Å². The van der Waals surface area contributed by atoms with E-state index < -0.39 is 0 Å². The van der Waals surface area contributed by atoms with Crippen LogP contribution < -0.4 is 10.6 Å². The number of hydrogen-bond donors (Lipinski definition) is 2. The van der Waals surface area contributed by atoms with Gasteiger partial charge in [0.1, 0.15) is 0 Å². The summed E-state index contributed by atoms with van der Waals surface area (Å²) in [5.74, 6) is 0.724. The van der Waals surface area contributed by atoms with E-state index in [1.165, 1.54) is 12.8 Å². The van der Waals surface area contributed by atoms with Crippen LogP contribution in [-0.4, -0.2) is 33.7 Å². The van der Waals surface area contributed by atoms with Crippen molar-refractivity contribution in [2.24, 2.45) is 0 Å². The zero-order valence-electron chi connectivity index (χ0n) is 10.7. The molecule has 1 fully saturated rings. The van der Waals surface area contributed by atoms with Gasteiger partial charge in [0.15, 0.2) is 5.65 Å². The predicted molar refractivity (Wildman–Crippen MR) is 71.9 cm³/mol. The number of aryl methyl sites for hydroxylation is 1. The summed E-state index contributed by atoms with van der Waals surface area (Å²) in [6.07, 6.45) is 3.73. The smallest absolute Gasteiger partial charge is 0.243 e. The van der Waals surface area contributed by atoms with Gasteiger partial charge in [-0.25, -0.2) is 4.52 Å². The van der Waals surface area contributed by atoms with E-state index in [1.807, 2.05) is 29.6 Å². The minimum Gasteiger partial charge on any atom is -0.353 e. The van der Waals surface area contributed by atoms with Gasteiger partial charge in [-0.1, -0.05) is 6.07 Å². The number of pyridine rings is 1. The van der Waals surface area contributed by atoms with Crippen LogP contribution in [0.15, 0.2) is 18.2 Å². The second-order valence-corrected chi connectivity index (χ2v) is 4.88. The molecule has 3 rings (SSSR count). The molecule has 5 nitrogen and oxygen atoms in total. The van der Waals surface area contributed by atoms with Gasteiger partial charge in [0.2, 0.25) is 5.95 Å². The highest BCUT2D eigenvalue weighted by Gasteiger charge is 2.13. The molecular weight excluding hydrogens is 226 g/mol. The van der Waals surface area contributed by atoms with Crippen molar-refractivity contribution in [3.05, 3.63) is 23.9 Å². The fraction of sp³-hybridized carbons (Fsp3) is 0.538. The Morgan fingerprint density at radius 2 is 2.44 bits per heavy atom. The van der Waals surface area contributed by atoms with Gasteiger partial charge >= 0.3 is 0 Å². The van der Waals surface area contributed by atoms with Gasteiger partial charge in [0.25, 0.3) is 0 Å². The highest BCUT2D eigenvalue weighted by molar-refractivity contribution is 5.44. The van der Waals surface area contributed by atoms with Crippen molar-refractivity contribution >= 4 is 11.6 Å². The highest BCUT2D eigenvalue weighted by atomic mass is 15.3. The van der Waals surface area contributed by atoms with Gasteiger partial charge in [-0.3, -0.25) is 0 Å². The molecule has 96 valence electrons. The maximum Gasteiger partial charge on any atom is 0.243 e. The summed E-state index contributed by atoms with van der Waals surface area (Å²) >= 11 is 0. The van der Waals surface area contributed by atoms with Gasteiger partial charge in [-0.15, -0.1) is 5.10 Å². The SMILES string of the molecule is Cc1cccc2nc(NCC[C@@H]3CCCN3)nn12. The third-order valence-electron chi connectivity index (χ3n) is 3.49. The van der Waals surface area contributed by atoms with Crippen molar-refractivity contribution in [3.8, 4) is 0 Å². The van der Waals surface area contributed by atoms with E-state index in [2.05, 4.69) is 20.7 Å². The fourth-order valence-electron chi connectivity index (χ4n) is 2.47. The Labute approximate surface area is 107 Å². The molecule has 0 bridgehead atoms. The summed E-state index contributed by atoms with van der Waals surface area (Å²) in [5.41, 5.74) is 2.00. The number of rotatable bonds is 4. The summed E-state index contributed by atoms with van der Waals surface area (Å²) in [4.78, 5) is 4.46. The van der Waals surface area contributed by atoms with Gasteiger partial charge in [0, 0.05) is 18.3 Å². The van der Waals surface area contributed by atoms with Gasteiger partial charge in [-0.2, -0.15) is 4.98 Å². The second-order valence-electron chi connectivity index (χ2n) is 4.88. The van der Waals surface area contributed by atoms with Gasteiger partial charge < -0.3 is 10.6 Å². The van der Waals surface area contributed by atoms with E-state index in [1.54, 1.807) is 0 Å². The lowest BCUT2D eigenvalue weighted by molar-refractivity contribution is 0.573. The van der Waals surface area contributed by atoms with E-state index >= 15 is 0 Å². The van der Waals surface area contributed by atoms with Crippen LogP contribution in [0.2, 0.25) is 0 Å².